The summed E-state index contributed by atoms with van der Waals surface area (Å²) in [5.41, 5.74) is -0.0155. The Morgan fingerprint density at radius 2 is 2.28 bits per heavy atom. The Morgan fingerprint density at radius 1 is 1.56 bits per heavy atom. The number of hydrogen-bond donors (Lipinski definition) is 0. The maximum atomic E-state index is 10.8. The largest absolute Gasteiger partial charge is 0.355 e. The van der Waals surface area contributed by atoms with Crippen LogP contribution in [0.15, 0.2) is 12.1 Å². The van der Waals surface area contributed by atoms with Crippen LogP contribution in [0.25, 0.3) is 0 Å². The molecule has 0 radical (unpaired) electrons. The Labute approximate surface area is 110 Å². The van der Waals surface area contributed by atoms with E-state index in [2.05, 4.69) is 9.88 Å². The van der Waals surface area contributed by atoms with Crippen molar-refractivity contribution in [2.24, 2.45) is 0 Å². The molecule has 0 spiro atoms. The molecule has 1 aliphatic rings. The second-order valence-corrected chi connectivity index (χ2v) is 5.00. The highest BCUT2D eigenvalue weighted by Crippen LogP contribution is 2.26. The summed E-state index contributed by atoms with van der Waals surface area (Å²) in [6.45, 7) is 1.66. The maximum absolute atomic E-state index is 10.8. The average molecular weight is 271 g/mol. The van der Waals surface area contributed by atoms with Gasteiger partial charge in [-0.1, -0.05) is 11.6 Å². The summed E-state index contributed by atoms with van der Waals surface area (Å²) < 4.78 is 0. The Hall–Kier alpha value is -1.40. The first kappa shape index (κ1) is 13.0. The number of aromatic nitrogens is 1. The summed E-state index contributed by atoms with van der Waals surface area (Å²) >= 11 is 5.82. The predicted octanol–water partition coefficient (Wildman–Crippen LogP) is 1.78. The van der Waals surface area contributed by atoms with Crippen LogP contribution in [0.2, 0.25) is 5.15 Å². The molecule has 1 aliphatic heterocycles. The Kier molecular flexibility index (Phi) is 3.68. The van der Waals surface area contributed by atoms with Gasteiger partial charge in [-0.05, 0) is 20.5 Å². The average Bonchev–Trinajstić information content (AvgIpc) is 2.77. The molecule has 0 N–H and O–H groups in total. The summed E-state index contributed by atoms with van der Waals surface area (Å²) in [4.78, 5) is 18.7. The minimum atomic E-state index is -0.448. The van der Waals surface area contributed by atoms with Crippen LogP contribution in [0.3, 0.4) is 0 Å². The van der Waals surface area contributed by atoms with Gasteiger partial charge in [-0.2, -0.15) is 0 Å². The molecule has 1 unspecified atom stereocenters. The summed E-state index contributed by atoms with van der Waals surface area (Å²) in [6.07, 6.45) is 1.02. The van der Waals surface area contributed by atoms with Crippen molar-refractivity contribution in [1.82, 2.24) is 9.88 Å². The van der Waals surface area contributed by atoms with Crippen molar-refractivity contribution in [3.63, 3.8) is 0 Å². The monoisotopic (exact) mass is 270 g/mol. The third-order valence-corrected chi connectivity index (χ3v) is 3.39. The van der Waals surface area contributed by atoms with Gasteiger partial charge in [0.2, 0.25) is 0 Å². The van der Waals surface area contributed by atoms with Crippen molar-refractivity contribution in [2.45, 2.75) is 12.5 Å². The second-order valence-electron chi connectivity index (χ2n) is 4.62. The smallest absolute Gasteiger partial charge is 0.276 e. The lowest BCUT2D eigenvalue weighted by Crippen LogP contribution is -2.31. The molecule has 0 aromatic carbocycles. The molecule has 0 bridgehead atoms. The number of nitro groups is 1. The first-order chi connectivity index (χ1) is 8.47. The van der Waals surface area contributed by atoms with Gasteiger partial charge in [-0.3, -0.25) is 10.1 Å². The highest BCUT2D eigenvalue weighted by molar-refractivity contribution is 6.29. The molecule has 1 fully saturated rings. The predicted molar refractivity (Wildman–Crippen MR) is 70.2 cm³/mol. The Balaban J connectivity index is 2.21. The highest BCUT2D eigenvalue weighted by Gasteiger charge is 2.26. The normalized spacial score (nSPS) is 19.6. The van der Waals surface area contributed by atoms with Gasteiger partial charge in [0.15, 0.2) is 0 Å². The van der Waals surface area contributed by atoms with Crippen molar-refractivity contribution < 1.29 is 4.92 Å². The zero-order valence-electron chi connectivity index (χ0n) is 10.3. The molecule has 98 valence electrons. The fourth-order valence-electron chi connectivity index (χ4n) is 2.11. The quantitative estimate of drug-likeness (QED) is 0.476. The number of rotatable bonds is 3. The van der Waals surface area contributed by atoms with Gasteiger partial charge in [-0.25, -0.2) is 4.98 Å². The standard InChI is InChI=1S/C11H15ClN4O2/c1-14(2)8-3-4-15(7-8)11-6-9(16(17)18)5-10(12)13-11/h5-6,8H,3-4,7H2,1-2H3. The number of likely N-dealkylation sites (N-methyl/N-ethyl adjacent to an activating group) is 1. The second kappa shape index (κ2) is 5.07. The van der Waals surface area contributed by atoms with Crippen molar-refractivity contribution in [3.8, 4) is 0 Å². The van der Waals surface area contributed by atoms with E-state index in [9.17, 15) is 10.1 Å². The summed E-state index contributed by atoms with van der Waals surface area (Å²) in [6, 6.07) is 3.19. The fourth-order valence-corrected chi connectivity index (χ4v) is 2.31. The SMILES string of the molecule is CN(C)C1CCN(c2cc([N+](=O)[O-])cc(Cl)n2)C1. The zero-order valence-corrected chi connectivity index (χ0v) is 11.1. The third kappa shape index (κ3) is 2.70. The van der Waals surface area contributed by atoms with Crippen molar-refractivity contribution in [2.75, 3.05) is 32.1 Å². The minimum absolute atomic E-state index is 0.0155. The lowest BCUT2D eigenvalue weighted by Gasteiger charge is -2.21. The molecule has 2 rings (SSSR count). The van der Waals surface area contributed by atoms with E-state index in [1.54, 1.807) is 0 Å². The number of halogens is 1. The van der Waals surface area contributed by atoms with E-state index in [4.69, 9.17) is 11.6 Å². The lowest BCUT2D eigenvalue weighted by atomic mass is 10.2. The fraction of sp³-hybridized carbons (Fsp3) is 0.545. The van der Waals surface area contributed by atoms with E-state index in [0.717, 1.165) is 19.5 Å². The van der Waals surface area contributed by atoms with E-state index in [-0.39, 0.29) is 10.8 Å². The van der Waals surface area contributed by atoms with Gasteiger partial charge in [-0.15, -0.1) is 0 Å². The molecule has 0 saturated carbocycles. The maximum Gasteiger partial charge on any atom is 0.276 e. The van der Waals surface area contributed by atoms with Crippen LogP contribution in [0.1, 0.15) is 6.42 Å². The molecule has 1 aromatic heterocycles. The van der Waals surface area contributed by atoms with E-state index in [1.807, 2.05) is 19.0 Å². The first-order valence-electron chi connectivity index (χ1n) is 5.70. The number of pyridine rings is 1. The summed E-state index contributed by atoms with van der Waals surface area (Å²) in [7, 11) is 4.06. The molecule has 1 atom stereocenters. The number of nitrogens with zero attached hydrogens (tertiary/aromatic N) is 4. The van der Waals surface area contributed by atoms with Crippen LogP contribution in [-0.2, 0) is 0 Å². The number of hydrogen-bond acceptors (Lipinski definition) is 5. The van der Waals surface area contributed by atoms with E-state index in [0.29, 0.717) is 11.9 Å². The molecule has 6 nitrogen and oxygen atoms in total. The number of anilines is 1. The van der Waals surface area contributed by atoms with Crippen molar-refractivity contribution in [3.05, 3.63) is 27.4 Å². The molecule has 2 heterocycles. The van der Waals surface area contributed by atoms with E-state index < -0.39 is 4.92 Å². The van der Waals surface area contributed by atoms with Crippen LogP contribution < -0.4 is 4.90 Å². The molecule has 0 amide bonds. The van der Waals surface area contributed by atoms with Crippen LogP contribution in [0, 0.1) is 10.1 Å². The third-order valence-electron chi connectivity index (χ3n) is 3.19. The van der Waals surface area contributed by atoms with Gasteiger partial charge >= 0.3 is 0 Å². The van der Waals surface area contributed by atoms with Gasteiger partial charge in [0, 0.05) is 19.1 Å². The van der Waals surface area contributed by atoms with Crippen LogP contribution in [0.4, 0.5) is 11.5 Å². The Bertz CT molecular complexity index is 466. The molecule has 7 heteroatoms. The molecule has 1 saturated heterocycles. The van der Waals surface area contributed by atoms with Gasteiger partial charge in [0.1, 0.15) is 11.0 Å². The van der Waals surface area contributed by atoms with Gasteiger partial charge < -0.3 is 9.80 Å². The zero-order chi connectivity index (χ0) is 13.3. The molecular weight excluding hydrogens is 256 g/mol. The topological polar surface area (TPSA) is 62.5 Å². The highest BCUT2D eigenvalue weighted by atomic mass is 35.5. The first-order valence-corrected chi connectivity index (χ1v) is 6.08. The van der Waals surface area contributed by atoms with Crippen LogP contribution in [-0.4, -0.2) is 48.0 Å². The van der Waals surface area contributed by atoms with Gasteiger partial charge in [0.25, 0.3) is 5.69 Å². The van der Waals surface area contributed by atoms with E-state index in [1.165, 1.54) is 12.1 Å². The molecular formula is C11H15ClN4O2. The van der Waals surface area contributed by atoms with Crippen LogP contribution >= 0.6 is 11.6 Å². The Morgan fingerprint density at radius 3 is 2.83 bits per heavy atom. The summed E-state index contributed by atoms with van der Waals surface area (Å²) in [5.74, 6) is 0.582. The molecule has 0 aliphatic carbocycles. The van der Waals surface area contributed by atoms with Gasteiger partial charge in [0.05, 0.1) is 17.1 Å². The van der Waals surface area contributed by atoms with E-state index >= 15 is 0 Å². The van der Waals surface area contributed by atoms with Crippen LogP contribution in [0.5, 0.6) is 0 Å². The minimum Gasteiger partial charge on any atom is -0.355 e. The molecule has 1 aromatic rings. The van der Waals surface area contributed by atoms with Crippen molar-refractivity contribution >= 4 is 23.1 Å². The molecule has 18 heavy (non-hydrogen) atoms. The summed E-state index contributed by atoms with van der Waals surface area (Å²) in [5, 5.41) is 10.9. The van der Waals surface area contributed by atoms with Crippen molar-refractivity contribution in [1.29, 1.82) is 0 Å². The lowest BCUT2D eigenvalue weighted by molar-refractivity contribution is -0.384.